The Balaban J connectivity index is 1.67. The van der Waals surface area contributed by atoms with E-state index in [4.69, 9.17) is 0 Å². The van der Waals surface area contributed by atoms with Crippen LogP contribution in [-0.4, -0.2) is 20.5 Å². The number of hydrogen-bond acceptors (Lipinski definition) is 2. The fourth-order valence-corrected chi connectivity index (χ4v) is 5.68. The van der Waals surface area contributed by atoms with Gasteiger partial charge in [0.15, 0.2) is 0 Å². The number of rotatable bonds is 3. The summed E-state index contributed by atoms with van der Waals surface area (Å²) in [7, 11) is -0.736. The van der Waals surface area contributed by atoms with Crippen molar-refractivity contribution in [3.63, 3.8) is 0 Å². The van der Waals surface area contributed by atoms with Crippen LogP contribution in [0.1, 0.15) is 37.7 Å². The first-order chi connectivity index (χ1) is 9.63. The minimum Gasteiger partial charge on any atom is -0.299 e. The van der Waals surface area contributed by atoms with E-state index in [9.17, 15) is 13.4 Å². The molecule has 0 spiro atoms. The largest absolute Gasteiger partial charge is 0.299 e. The normalized spacial score (nSPS) is 32.9. The van der Waals surface area contributed by atoms with Crippen LogP contribution < -0.4 is 0 Å². The number of carbonyl (C=O) groups excluding carboxylic acids is 1. The summed E-state index contributed by atoms with van der Waals surface area (Å²) in [4.78, 5) is 12.4. The molecule has 2 heterocycles. The van der Waals surface area contributed by atoms with Gasteiger partial charge in [-0.2, -0.15) is 0 Å². The minimum absolute atomic E-state index is 0.0197. The minimum atomic E-state index is -0.736. The molecule has 2 atom stereocenters. The van der Waals surface area contributed by atoms with E-state index < -0.39 is 10.8 Å². The number of hydrogen-bond donors (Lipinski definition) is 0. The lowest BCUT2D eigenvalue weighted by Crippen LogP contribution is -2.41. The van der Waals surface area contributed by atoms with Crippen molar-refractivity contribution in [1.82, 2.24) is 0 Å². The maximum absolute atomic E-state index is 13.1. The average molecular weight is 294 g/mol. The van der Waals surface area contributed by atoms with Gasteiger partial charge >= 0.3 is 0 Å². The van der Waals surface area contributed by atoms with Crippen molar-refractivity contribution in [3.8, 4) is 0 Å². The first-order valence-electron chi connectivity index (χ1n) is 7.30. The van der Waals surface area contributed by atoms with E-state index in [2.05, 4.69) is 0 Å². The van der Waals surface area contributed by atoms with Gasteiger partial charge in [-0.05, 0) is 43.4 Å². The molecule has 1 aromatic rings. The van der Waals surface area contributed by atoms with E-state index in [1.807, 2.05) is 0 Å². The third-order valence-corrected chi connectivity index (χ3v) is 6.70. The summed E-state index contributed by atoms with van der Waals surface area (Å²) in [6.07, 6.45) is 4.95. The van der Waals surface area contributed by atoms with Gasteiger partial charge < -0.3 is 0 Å². The Kier molecular flexibility index (Phi) is 4.01. The van der Waals surface area contributed by atoms with E-state index in [1.165, 1.54) is 12.1 Å². The van der Waals surface area contributed by atoms with E-state index in [1.54, 1.807) is 12.1 Å². The predicted octanol–water partition coefficient (Wildman–Crippen LogP) is 3.02. The van der Waals surface area contributed by atoms with Crippen molar-refractivity contribution < 1.29 is 13.4 Å². The third kappa shape index (κ3) is 2.85. The van der Waals surface area contributed by atoms with Crippen LogP contribution in [0.5, 0.6) is 0 Å². The lowest BCUT2D eigenvalue weighted by atomic mass is 9.85. The maximum atomic E-state index is 13.1. The van der Waals surface area contributed by atoms with Crippen molar-refractivity contribution in [2.45, 2.75) is 49.0 Å². The van der Waals surface area contributed by atoms with Gasteiger partial charge in [0.25, 0.3) is 0 Å². The summed E-state index contributed by atoms with van der Waals surface area (Å²) in [6.45, 7) is 0. The van der Waals surface area contributed by atoms with Crippen molar-refractivity contribution in [3.05, 3.63) is 35.6 Å². The molecule has 0 amide bonds. The highest BCUT2D eigenvalue weighted by atomic mass is 32.2. The highest BCUT2D eigenvalue weighted by Gasteiger charge is 2.40. The zero-order chi connectivity index (χ0) is 14.1. The van der Waals surface area contributed by atoms with E-state index in [0.717, 1.165) is 37.7 Å². The Morgan fingerprint density at radius 2 is 1.95 bits per heavy atom. The molecule has 2 nitrogen and oxygen atoms in total. The Labute approximate surface area is 121 Å². The lowest BCUT2D eigenvalue weighted by molar-refractivity contribution is -0.122. The van der Waals surface area contributed by atoms with Gasteiger partial charge in [-0.3, -0.25) is 9.00 Å². The number of fused-ring (bicyclic) bond motifs is 2. The molecule has 0 aliphatic carbocycles. The second-order valence-corrected chi connectivity index (χ2v) is 7.94. The number of carbonyl (C=O) groups is 1. The molecule has 2 fully saturated rings. The van der Waals surface area contributed by atoms with Gasteiger partial charge in [-0.15, -0.1) is 0 Å². The number of Topliss-reactive ketones (excluding diaryl/α,β-unsaturated/α-hetero) is 1. The average Bonchev–Trinajstić information content (AvgIpc) is 2.38. The Hall–Kier alpha value is -1.03. The van der Waals surface area contributed by atoms with Crippen LogP contribution in [0.4, 0.5) is 4.39 Å². The molecule has 2 aliphatic rings. The summed E-state index contributed by atoms with van der Waals surface area (Å²) in [5, 5.41) is 0.424. The van der Waals surface area contributed by atoms with Crippen LogP contribution in [-0.2, 0) is 22.0 Å². The summed E-state index contributed by atoms with van der Waals surface area (Å²) in [5.74, 6) is -0.0904. The van der Waals surface area contributed by atoms with Crippen molar-refractivity contribution in [1.29, 1.82) is 0 Å². The third-order valence-electron chi connectivity index (χ3n) is 4.53. The Morgan fingerprint density at radius 1 is 1.25 bits per heavy atom. The maximum Gasteiger partial charge on any atom is 0.140 e. The molecule has 0 N–H and O–H groups in total. The van der Waals surface area contributed by atoms with Crippen LogP contribution in [0.15, 0.2) is 24.3 Å². The Bertz CT molecular complexity index is 527. The zero-order valence-corrected chi connectivity index (χ0v) is 12.2. The van der Waals surface area contributed by atoms with Crippen molar-refractivity contribution in [2.75, 3.05) is 0 Å². The van der Waals surface area contributed by atoms with Crippen LogP contribution in [0, 0.1) is 11.7 Å². The Morgan fingerprint density at radius 3 is 2.60 bits per heavy atom. The first kappa shape index (κ1) is 13.9. The van der Waals surface area contributed by atoms with E-state index in [-0.39, 0.29) is 28.0 Å². The topological polar surface area (TPSA) is 34.1 Å². The quantitative estimate of drug-likeness (QED) is 0.859. The second-order valence-electron chi connectivity index (χ2n) is 5.94. The van der Waals surface area contributed by atoms with Crippen LogP contribution in [0.25, 0.3) is 0 Å². The SMILES string of the molecule is O=C(Cc1cccc(F)c1)C1CC2CCCC(C1)S2=O. The van der Waals surface area contributed by atoms with E-state index in [0.29, 0.717) is 6.42 Å². The zero-order valence-electron chi connectivity index (χ0n) is 11.4. The summed E-state index contributed by atoms with van der Waals surface area (Å²) in [5.41, 5.74) is 0.742. The van der Waals surface area contributed by atoms with Crippen LogP contribution in [0.3, 0.4) is 0 Å². The molecule has 2 saturated heterocycles. The molecule has 4 heteroatoms. The van der Waals surface area contributed by atoms with Gasteiger partial charge in [-0.1, -0.05) is 18.6 Å². The first-order valence-corrected chi connectivity index (χ1v) is 8.57. The molecule has 108 valence electrons. The molecule has 3 rings (SSSR count). The van der Waals surface area contributed by atoms with Crippen LogP contribution in [0.2, 0.25) is 0 Å². The second kappa shape index (κ2) is 5.76. The van der Waals surface area contributed by atoms with Gasteiger partial charge in [0.05, 0.1) is 0 Å². The molecule has 2 bridgehead atoms. The van der Waals surface area contributed by atoms with E-state index >= 15 is 0 Å². The molecule has 1 aromatic carbocycles. The number of benzene rings is 1. The fraction of sp³-hybridized carbons (Fsp3) is 0.562. The molecule has 0 saturated carbocycles. The van der Waals surface area contributed by atoms with Crippen molar-refractivity contribution in [2.24, 2.45) is 5.92 Å². The van der Waals surface area contributed by atoms with Gasteiger partial charge in [0.1, 0.15) is 11.6 Å². The monoisotopic (exact) mass is 294 g/mol. The standard InChI is InChI=1S/C16H19FO2S/c17-13-4-1-3-11(7-13)8-16(18)12-9-14-5-2-6-15(10-12)20(14)19/h1,3-4,7,12,14-15H,2,5-6,8-10H2. The predicted molar refractivity (Wildman–Crippen MR) is 77.4 cm³/mol. The van der Waals surface area contributed by atoms with Crippen LogP contribution >= 0.6 is 0 Å². The summed E-state index contributed by atoms with van der Waals surface area (Å²) in [6, 6.07) is 6.26. The van der Waals surface area contributed by atoms with Gasteiger partial charge in [-0.25, -0.2) is 4.39 Å². The highest BCUT2D eigenvalue weighted by Crippen LogP contribution is 2.37. The molecule has 20 heavy (non-hydrogen) atoms. The fourth-order valence-electron chi connectivity index (χ4n) is 3.49. The summed E-state index contributed by atoms with van der Waals surface area (Å²) >= 11 is 0. The molecule has 2 unspecified atom stereocenters. The molecular weight excluding hydrogens is 275 g/mol. The molecular formula is C16H19FO2S. The molecule has 2 aliphatic heterocycles. The lowest BCUT2D eigenvalue weighted by Gasteiger charge is -2.37. The molecule has 0 radical (unpaired) electrons. The van der Waals surface area contributed by atoms with Crippen molar-refractivity contribution >= 4 is 16.6 Å². The smallest absolute Gasteiger partial charge is 0.140 e. The molecule has 0 aromatic heterocycles. The summed E-state index contributed by atoms with van der Waals surface area (Å²) < 4.78 is 25.3. The van der Waals surface area contributed by atoms with Gasteiger partial charge in [0.2, 0.25) is 0 Å². The highest BCUT2D eigenvalue weighted by molar-refractivity contribution is 7.86. The number of ketones is 1. The number of halogens is 1. The van der Waals surface area contributed by atoms with Gasteiger partial charge in [0, 0.05) is 33.6 Å².